The average Bonchev–Trinajstić information content (AvgIpc) is 3.12. The third-order valence-electron chi connectivity index (χ3n) is 4.22. The molecule has 0 fully saturated rings. The number of nitrogens with one attached hydrogen (secondary N) is 2. The SMILES string of the molecule is CCCCCC(C)NC(=NC)NCc1cccc(Cn2ccnc2)c1.I. The second kappa shape index (κ2) is 12.7. The van der Waals surface area contributed by atoms with Crippen molar-refractivity contribution in [3.63, 3.8) is 0 Å². The van der Waals surface area contributed by atoms with E-state index in [-0.39, 0.29) is 24.0 Å². The van der Waals surface area contributed by atoms with Gasteiger partial charge >= 0.3 is 0 Å². The highest BCUT2D eigenvalue weighted by molar-refractivity contribution is 14.0. The molecule has 2 aromatic rings. The lowest BCUT2D eigenvalue weighted by molar-refractivity contribution is 0.546. The summed E-state index contributed by atoms with van der Waals surface area (Å²) in [4.78, 5) is 8.43. The average molecular weight is 469 g/mol. The van der Waals surface area contributed by atoms with Gasteiger partial charge < -0.3 is 15.2 Å². The van der Waals surface area contributed by atoms with E-state index in [9.17, 15) is 0 Å². The Morgan fingerprint density at radius 1 is 1.27 bits per heavy atom. The summed E-state index contributed by atoms with van der Waals surface area (Å²) < 4.78 is 2.07. The summed E-state index contributed by atoms with van der Waals surface area (Å²) in [7, 11) is 1.82. The van der Waals surface area contributed by atoms with E-state index in [0.717, 1.165) is 19.0 Å². The van der Waals surface area contributed by atoms with Crippen molar-refractivity contribution in [2.45, 2.75) is 58.7 Å². The summed E-state index contributed by atoms with van der Waals surface area (Å²) >= 11 is 0. The van der Waals surface area contributed by atoms with Crippen molar-refractivity contribution in [3.05, 3.63) is 54.1 Å². The number of nitrogens with zero attached hydrogens (tertiary/aromatic N) is 3. The molecule has 0 saturated heterocycles. The Morgan fingerprint density at radius 2 is 2.08 bits per heavy atom. The summed E-state index contributed by atoms with van der Waals surface area (Å²) in [5.74, 6) is 0.865. The van der Waals surface area contributed by atoms with E-state index in [0.29, 0.717) is 6.04 Å². The molecule has 26 heavy (non-hydrogen) atoms. The van der Waals surface area contributed by atoms with Gasteiger partial charge in [-0.05, 0) is 24.5 Å². The smallest absolute Gasteiger partial charge is 0.191 e. The molecule has 2 N–H and O–H groups in total. The minimum Gasteiger partial charge on any atom is -0.354 e. The maximum absolute atomic E-state index is 4.34. The lowest BCUT2D eigenvalue weighted by atomic mass is 10.1. The van der Waals surface area contributed by atoms with Crippen molar-refractivity contribution in [1.82, 2.24) is 20.2 Å². The second-order valence-electron chi connectivity index (χ2n) is 6.52. The highest BCUT2D eigenvalue weighted by atomic mass is 127. The van der Waals surface area contributed by atoms with Crippen molar-refractivity contribution < 1.29 is 0 Å². The van der Waals surface area contributed by atoms with Crippen LogP contribution in [0.2, 0.25) is 0 Å². The second-order valence-corrected chi connectivity index (χ2v) is 6.52. The number of hydrogen-bond donors (Lipinski definition) is 2. The monoisotopic (exact) mass is 469 g/mol. The van der Waals surface area contributed by atoms with E-state index in [1.54, 1.807) is 0 Å². The van der Waals surface area contributed by atoms with Crippen molar-refractivity contribution >= 4 is 29.9 Å². The number of imidazole rings is 1. The number of halogens is 1. The van der Waals surface area contributed by atoms with Crippen LogP contribution in [-0.2, 0) is 13.1 Å². The maximum Gasteiger partial charge on any atom is 0.191 e. The van der Waals surface area contributed by atoms with Gasteiger partial charge in [-0.15, -0.1) is 24.0 Å². The number of aromatic nitrogens is 2. The van der Waals surface area contributed by atoms with Gasteiger partial charge in [0.15, 0.2) is 5.96 Å². The number of rotatable bonds is 9. The van der Waals surface area contributed by atoms with Crippen molar-refractivity contribution in [3.8, 4) is 0 Å². The molecular weight excluding hydrogens is 437 g/mol. The van der Waals surface area contributed by atoms with Gasteiger partial charge in [0.05, 0.1) is 6.33 Å². The lowest BCUT2D eigenvalue weighted by Gasteiger charge is -2.18. The van der Waals surface area contributed by atoms with Crippen LogP contribution in [0.1, 0.15) is 50.7 Å². The summed E-state index contributed by atoms with van der Waals surface area (Å²) in [6.07, 6.45) is 10.6. The topological polar surface area (TPSA) is 54.2 Å². The first kappa shape index (κ1) is 22.5. The van der Waals surface area contributed by atoms with Crippen molar-refractivity contribution in [1.29, 1.82) is 0 Å². The van der Waals surface area contributed by atoms with Crippen LogP contribution in [0.5, 0.6) is 0 Å². The predicted octanol–water partition coefficient (Wildman–Crippen LogP) is 4.18. The van der Waals surface area contributed by atoms with Gasteiger partial charge in [0.1, 0.15) is 0 Å². The van der Waals surface area contributed by atoms with Gasteiger partial charge in [-0.2, -0.15) is 0 Å². The van der Waals surface area contributed by atoms with Gasteiger partial charge in [-0.25, -0.2) is 4.98 Å². The first-order valence-electron chi connectivity index (χ1n) is 9.22. The molecule has 0 amide bonds. The Bertz CT molecular complexity index is 639. The Kier molecular flexibility index (Phi) is 11.0. The Labute approximate surface area is 174 Å². The zero-order chi connectivity index (χ0) is 17.9. The predicted molar refractivity (Wildman–Crippen MR) is 120 cm³/mol. The van der Waals surface area contributed by atoms with E-state index in [1.807, 2.05) is 25.8 Å². The Balaban J connectivity index is 0.00000338. The van der Waals surface area contributed by atoms with Crippen LogP contribution in [0.25, 0.3) is 0 Å². The molecule has 0 spiro atoms. The van der Waals surface area contributed by atoms with E-state index in [2.05, 4.69) is 63.3 Å². The molecule has 5 nitrogen and oxygen atoms in total. The quantitative estimate of drug-likeness (QED) is 0.251. The molecule has 1 aromatic heterocycles. The molecule has 144 valence electrons. The first-order chi connectivity index (χ1) is 12.2. The molecule has 1 aromatic carbocycles. The molecule has 0 aliphatic heterocycles. The fraction of sp³-hybridized carbons (Fsp3) is 0.500. The number of hydrogen-bond acceptors (Lipinski definition) is 2. The van der Waals surface area contributed by atoms with E-state index in [1.165, 1.54) is 36.8 Å². The fourth-order valence-corrected chi connectivity index (χ4v) is 2.82. The van der Waals surface area contributed by atoms with Crippen LogP contribution in [0.3, 0.4) is 0 Å². The van der Waals surface area contributed by atoms with Crippen molar-refractivity contribution in [2.24, 2.45) is 4.99 Å². The molecule has 1 heterocycles. The van der Waals surface area contributed by atoms with Gasteiger partial charge in [-0.1, -0.05) is 50.5 Å². The summed E-state index contributed by atoms with van der Waals surface area (Å²) in [6, 6.07) is 9.05. The van der Waals surface area contributed by atoms with Crippen LogP contribution in [0.4, 0.5) is 0 Å². The van der Waals surface area contributed by atoms with Gasteiger partial charge in [0.25, 0.3) is 0 Å². The molecular formula is C20H32IN5. The highest BCUT2D eigenvalue weighted by Gasteiger charge is 2.05. The van der Waals surface area contributed by atoms with Crippen LogP contribution in [0.15, 0.2) is 48.0 Å². The van der Waals surface area contributed by atoms with Gasteiger partial charge in [0, 0.05) is 38.6 Å². The number of guanidine groups is 1. The van der Waals surface area contributed by atoms with Crippen molar-refractivity contribution in [2.75, 3.05) is 7.05 Å². The Hall–Kier alpha value is -1.57. The van der Waals surface area contributed by atoms with E-state index < -0.39 is 0 Å². The Morgan fingerprint density at radius 3 is 2.77 bits per heavy atom. The van der Waals surface area contributed by atoms with Crippen LogP contribution in [-0.4, -0.2) is 28.6 Å². The van der Waals surface area contributed by atoms with Crippen LogP contribution >= 0.6 is 24.0 Å². The normalized spacial score (nSPS) is 12.3. The largest absolute Gasteiger partial charge is 0.354 e. The number of benzene rings is 1. The zero-order valence-electron chi connectivity index (χ0n) is 16.1. The minimum atomic E-state index is 0. The third kappa shape index (κ3) is 8.21. The first-order valence-corrected chi connectivity index (χ1v) is 9.22. The summed E-state index contributed by atoms with van der Waals surface area (Å²) in [5.41, 5.74) is 2.52. The number of aliphatic imine (C=N–C) groups is 1. The zero-order valence-corrected chi connectivity index (χ0v) is 18.4. The fourth-order valence-electron chi connectivity index (χ4n) is 2.82. The van der Waals surface area contributed by atoms with Gasteiger partial charge in [0.2, 0.25) is 0 Å². The minimum absolute atomic E-state index is 0. The molecule has 0 saturated carbocycles. The van der Waals surface area contributed by atoms with Crippen LogP contribution < -0.4 is 10.6 Å². The van der Waals surface area contributed by atoms with Gasteiger partial charge in [-0.3, -0.25) is 4.99 Å². The maximum atomic E-state index is 4.34. The molecule has 0 aliphatic rings. The molecule has 0 aliphatic carbocycles. The van der Waals surface area contributed by atoms with E-state index >= 15 is 0 Å². The molecule has 2 rings (SSSR count). The van der Waals surface area contributed by atoms with E-state index in [4.69, 9.17) is 0 Å². The third-order valence-corrected chi connectivity index (χ3v) is 4.22. The molecule has 6 heteroatoms. The molecule has 0 radical (unpaired) electrons. The number of unbranched alkanes of at least 4 members (excludes halogenated alkanes) is 2. The summed E-state index contributed by atoms with van der Waals surface area (Å²) in [5, 5.41) is 6.89. The standard InChI is InChI=1S/C20H31N5.HI/c1-4-5-6-8-17(2)24-20(21-3)23-14-18-9-7-10-19(13-18)15-25-12-11-22-16-25;/h7,9-13,16-17H,4-6,8,14-15H2,1-3H3,(H2,21,23,24);1H. The molecule has 1 atom stereocenters. The highest BCUT2D eigenvalue weighted by Crippen LogP contribution is 2.07. The lowest BCUT2D eigenvalue weighted by Crippen LogP contribution is -2.41. The summed E-state index contributed by atoms with van der Waals surface area (Å²) in [6.45, 7) is 6.06. The molecule has 1 unspecified atom stereocenters. The molecule has 0 bridgehead atoms. The van der Waals surface area contributed by atoms with Crippen LogP contribution in [0, 0.1) is 0 Å².